The molecule has 0 radical (unpaired) electrons. The maximum atomic E-state index is 13.9. The van der Waals surface area contributed by atoms with E-state index in [-0.39, 0.29) is 17.4 Å². The molecule has 2 atom stereocenters. The average Bonchev–Trinajstić information content (AvgIpc) is 3.06. The summed E-state index contributed by atoms with van der Waals surface area (Å²) in [5.74, 6) is -1.67. The highest BCUT2D eigenvalue weighted by molar-refractivity contribution is 6.09. The lowest BCUT2D eigenvalue weighted by atomic mass is 10.0. The first-order valence-electron chi connectivity index (χ1n) is 8.80. The second-order valence-electron chi connectivity index (χ2n) is 6.63. The molecule has 1 fully saturated rings. The lowest BCUT2D eigenvalue weighted by Gasteiger charge is -2.17. The maximum Gasteiger partial charge on any atom is 0.258 e. The monoisotopic (exact) mass is 371 g/mol. The fourth-order valence-corrected chi connectivity index (χ4v) is 3.10. The number of β-amino-alcohol motifs (C(OH)–C–C–N with tert-alkyl or cyclic N) is 1. The fourth-order valence-electron chi connectivity index (χ4n) is 3.10. The smallest absolute Gasteiger partial charge is 0.258 e. The highest BCUT2D eigenvalue weighted by Crippen LogP contribution is 2.22. The van der Waals surface area contributed by atoms with Crippen molar-refractivity contribution in [1.29, 1.82) is 0 Å². The molecule has 2 amide bonds. The standard InChI is InChI=1S/C20H22FN3O3/c1-12-5-4-7-15(19(26)23-10-13-9-22-11-17(13)25)18(12)24-20(27)14-6-2-3-8-16(14)21/h2-8,13,17,22,25H,9-11H2,1H3,(H,23,26)(H,24,27). The Balaban J connectivity index is 1.77. The Labute approximate surface area is 156 Å². The van der Waals surface area contributed by atoms with Crippen molar-refractivity contribution in [3.63, 3.8) is 0 Å². The van der Waals surface area contributed by atoms with Crippen molar-refractivity contribution < 1.29 is 19.1 Å². The summed E-state index contributed by atoms with van der Waals surface area (Å²) in [5.41, 5.74) is 1.23. The van der Waals surface area contributed by atoms with Crippen molar-refractivity contribution in [2.24, 2.45) is 5.92 Å². The molecule has 1 saturated heterocycles. The predicted molar refractivity (Wildman–Crippen MR) is 100 cm³/mol. The average molecular weight is 371 g/mol. The van der Waals surface area contributed by atoms with E-state index >= 15 is 0 Å². The summed E-state index contributed by atoms with van der Waals surface area (Å²) in [5, 5.41) is 18.3. The highest BCUT2D eigenvalue weighted by Gasteiger charge is 2.26. The molecule has 1 aliphatic heterocycles. The van der Waals surface area contributed by atoms with Gasteiger partial charge in [-0.15, -0.1) is 0 Å². The number of aliphatic hydroxyl groups is 1. The first kappa shape index (κ1) is 19.0. The molecule has 0 bridgehead atoms. The van der Waals surface area contributed by atoms with Crippen LogP contribution in [0.25, 0.3) is 0 Å². The summed E-state index contributed by atoms with van der Waals surface area (Å²) in [4.78, 5) is 25.1. The molecular weight excluding hydrogens is 349 g/mol. The molecule has 1 heterocycles. The van der Waals surface area contributed by atoms with E-state index in [9.17, 15) is 19.1 Å². The number of hydrogen-bond acceptors (Lipinski definition) is 4. The van der Waals surface area contributed by atoms with E-state index in [0.29, 0.717) is 36.4 Å². The van der Waals surface area contributed by atoms with Gasteiger partial charge in [0.15, 0.2) is 0 Å². The van der Waals surface area contributed by atoms with Crippen LogP contribution in [0, 0.1) is 18.7 Å². The van der Waals surface area contributed by atoms with Crippen molar-refractivity contribution in [3.8, 4) is 0 Å². The van der Waals surface area contributed by atoms with Crippen LogP contribution in [0.15, 0.2) is 42.5 Å². The summed E-state index contributed by atoms with van der Waals surface area (Å²) in [6.45, 7) is 3.22. The number of nitrogens with one attached hydrogen (secondary N) is 3. The van der Waals surface area contributed by atoms with Gasteiger partial charge in [-0.2, -0.15) is 0 Å². The van der Waals surface area contributed by atoms with Gasteiger partial charge in [0.2, 0.25) is 0 Å². The maximum absolute atomic E-state index is 13.9. The fraction of sp³-hybridized carbons (Fsp3) is 0.300. The Morgan fingerprint density at radius 2 is 1.85 bits per heavy atom. The van der Waals surface area contributed by atoms with Crippen LogP contribution in [-0.4, -0.2) is 42.7 Å². The molecule has 27 heavy (non-hydrogen) atoms. The zero-order valence-corrected chi connectivity index (χ0v) is 15.0. The summed E-state index contributed by atoms with van der Waals surface area (Å²) in [6, 6.07) is 10.8. The van der Waals surface area contributed by atoms with E-state index in [0.717, 1.165) is 0 Å². The number of benzene rings is 2. The van der Waals surface area contributed by atoms with Crippen LogP contribution < -0.4 is 16.0 Å². The van der Waals surface area contributed by atoms with Crippen LogP contribution in [0.5, 0.6) is 0 Å². The summed E-state index contributed by atoms with van der Waals surface area (Å²) in [7, 11) is 0. The van der Waals surface area contributed by atoms with E-state index in [1.807, 2.05) is 0 Å². The minimum Gasteiger partial charge on any atom is -0.391 e. The van der Waals surface area contributed by atoms with Gasteiger partial charge in [-0.25, -0.2) is 4.39 Å². The van der Waals surface area contributed by atoms with Gasteiger partial charge in [-0.05, 0) is 30.7 Å². The van der Waals surface area contributed by atoms with Gasteiger partial charge >= 0.3 is 0 Å². The number of carbonyl (C=O) groups is 2. The van der Waals surface area contributed by atoms with E-state index in [4.69, 9.17) is 0 Å². The molecule has 4 N–H and O–H groups in total. The van der Waals surface area contributed by atoms with Crippen molar-refractivity contribution in [1.82, 2.24) is 10.6 Å². The van der Waals surface area contributed by atoms with Crippen LogP contribution in [0.3, 0.4) is 0 Å². The Bertz CT molecular complexity index is 856. The van der Waals surface area contributed by atoms with Gasteiger partial charge in [0, 0.05) is 25.6 Å². The first-order chi connectivity index (χ1) is 13.0. The van der Waals surface area contributed by atoms with Crippen LogP contribution in [0.4, 0.5) is 10.1 Å². The number of carbonyl (C=O) groups excluding carboxylic acids is 2. The summed E-state index contributed by atoms with van der Waals surface area (Å²) in [6.07, 6.45) is -0.497. The number of amides is 2. The van der Waals surface area contributed by atoms with Crippen LogP contribution in [0.1, 0.15) is 26.3 Å². The Morgan fingerprint density at radius 1 is 1.11 bits per heavy atom. The number of para-hydroxylation sites is 1. The van der Waals surface area contributed by atoms with Crippen molar-refractivity contribution in [2.45, 2.75) is 13.0 Å². The van der Waals surface area contributed by atoms with Gasteiger partial charge in [-0.1, -0.05) is 24.3 Å². The van der Waals surface area contributed by atoms with Gasteiger partial charge in [0.05, 0.1) is 22.9 Å². The van der Waals surface area contributed by atoms with Gasteiger partial charge in [0.25, 0.3) is 11.8 Å². The lowest BCUT2D eigenvalue weighted by Crippen LogP contribution is -2.34. The Kier molecular flexibility index (Phi) is 5.83. The molecule has 1 aliphatic rings. The molecule has 2 aromatic carbocycles. The third-order valence-electron chi connectivity index (χ3n) is 4.70. The topological polar surface area (TPSA) is 90.5 Å². The van der Waals surface area contributed by atoms with E-state index in [2.05, 4.69) is 16.0 Å². The highest BCUT2D eigenvalue weighted by atomic mass is 19.1. The third-order valence-corrected chi connectivity index (χ3v) is 4.70. The molecule has 7 heteroatoms. The van der Waals surface area contributed by atoms with E-state index in [1.165, 1.54) is 18.2 Å². The Morgan fingerprint density at radius 3 is 2.56 bits per heavy atom. The van der Waals surface area contributed by atoms with Crippen molar-refractivity contribution in [3.05, 3.63) is 65.0 Å². The first-order valence-corrected chi connectivity index (χ1v) is 8.80. The molecule has 0 aliphatic carbocycles. The number of halogens is 1. The van der Waals surface area contributed by atoms with Crippen molar-refractivity contribution in [2.75, 3.05) is 25.0 Å². The quantitative estimate of drug-likeness (QED) is 0.644. The number of anilines is 1. The zero-order valence-electron chi connectivity index (χ0n) is 15.0. The second-order valence-corrected chi connectivity index (χ2v) is 6.63. The van der Waals surface area contributed by atoms with Gasteiger partial charge in [0.1, 0.15) is 5.82 Å². The number of aliphatic hydroxyl groups excluding tert-OH is 1. The molecule has 0 aromatic heterocycles. The minimum atomic E-state index is -0.627. The third kappa shape index (κ3) is 4.32. The molecular formula is C20H22FN3O3. The molecule has 0 saturated carbocycles. The summed E-state index contributed by atoms with van der Waals surface area (Å²) >= 11 is 0. The number of rotatable bonds is 5. The van der Waals surface area contributed by atoms with Crippen LogP contribution in [-0.2, 0) is 0 Å². The summed E-state index contributed by atoms with van der Waals surface area (Å²) < 4.78 is 13.9. The molecule has 2 unspecified atom stereocenters. The lowest BCUT2D eigenvalue weighted by molar-refractivity contribution is 0.0928. The Hall–Kier alpha value is -2.77. The van der Waals surface area contributed by atoms with E-state index < -0.39 is 17.8 Å². The molecule has 3 rings (SSSR count). The van der Waals surface area contributed by atoms with Crippen molar-refractivity contribution >= 4 is 17.5 Å². The van der Waals surface area contributed by atoms with Crippen LogP contribution in [0.2, 0.25) is 0 Å². The molecule has 2 aromatic rings. The second kappa shape index (κ2) is 8.28. The predicted octanol–water partition coefficient (Wildman–Crippen LogP) is 1.70. The minimum absolute atomic E-state index is 0.0600. The molecule has 142 valence electrons. The normalized spacial score (nSPS) is 18.9. The molecule has 6 nitrogen and oxygen atoms in total. The SMILES string of the molecule is Cc1cccc(C(=O)NCC2CNCC2O)c1NC(=O)c1ccccc1F. The van der Waals surface area contributed by atoms with Gasteiger partial charge in [-0.3, -0.25) is 9.59 Å². The van der Waals surface area contributed by atoms with E-state index in [1.54, 1.807) is 31.2 Å². The molecule has 0 spiro atoms. The number of aryl methyl sites for hydroxylation is 1. The van der Waals surface area contributed by atoms with Gasteiger partial charge < -0.3 is 21.1 Å². The largest absolute Gasteiger partial charge is 0.391 e. The zero-order chi connectivity index (χ0) is 19.4. The van der Waals surface area contributed by atoms with Crippen LogP contribution >= 0.6 is 0 Å². The number of hydrogen-bond donors (Lipinski definition) is 4.